The SMILES string of the molecule is P1PPP1.[Na]. The Morgan fingerprint density at radius 1 is 0.600 bits per heavy atom. The first kappa shape index (κ1) is 7.72. The molecule has 0 aromatic rings. The molecule has 0 aliphatic carbocycles. The van der Waals surface area contributed by atoms with Crippen molar-refractivity contribution < 1.29 is 0 Å². The van der Waals surface area contributed by atoms with Crippen molar-refractivity contribution in [2.45, 2.75) is 0 Å². The van der Waals surface area contributed by atoms with Crippen LogP contribution >= 0.6 is 31.8 Å². The van der Waals surface area contributed by atoms with Gasteiger partial charge in [0.05, 0.1) is 0 Å². The first-order chi connectivity index (χ1) is 2.00. The standard InChI is InChI=1S/Na.H4P4/c;1-2-4-3-1/h;1-4H. The number of hydrogen-bond acceptors (Lipinski definition) is 0. The summed E-state index contributed by atoms with van der Waals surface area (Å²) in [6, 6.07) is 0. The molecule has 1 aliphatic rings. The Balaban J connectivity index is 0.000000160. The van der Waals surface area contributed by atoms with E-state index in [0.29, 0.717) is 0 Å². The maximum Gasteiger partial charge on any atom is 0 e. The molecule has 0 unspecified atom stereocenters. The zero-order valence-corrected chi connectivity index (χ0v) is 9.00. The third-order valence-electron chi connectivity index (χ3n) is 0.250. The molecule has 1 saturated heterocycles. The van der Waals surface area contributed by atoms with Crippen LogP contribution in [0.25, 0.3) is 0 Å². The normalized spacial score (nSPS) is 38.4. The van der Waals surface area contributed by atoms with Gasteiger partial charge in [-0.25, -0.2) is 0 Å². The molecule has 1 radical (unpaired) electrons. The molecule has 0 aromatic heterocycles. The number of hydrogen-bond donors (Lipinski definition) is 0. The Morgan fingerprint density at radius 3 is 0.800 bits per heavy atom. The van der Waals surface area contributed by atoms with Crippen LogP contribution in [0.5, 0.6) is 0 Å². The van der Waals surface area contributed by atoms with Gasteiger partial charge in [-0.05, 0) is 0 Å². The van der Waals surface area contributed by atoms with Crippen molar-refractivity contribution in [3.05, 3.63) is 0 Å². The van der Waals surface area contributed by atoms with E-state index in [-0.39, 0.29) is 29.6 Å². The molecule has 0 amide bonds. The monoisotopic (exact) mass is 151 g/mol. The van der Waals surface area contributed by atoms with Gasteiger partial charge in [0.2, 0.25) is 0 Å². The minimum absolute atomic E-state index is 0. The third-order valence-corrected chi connectivity index (χ3v) is 20.2. The molecule has 1 rings (SSSR count). The molecule has 0 saturated carbocycles. The van der Waals surface area contributed by atoms with E-state index in [1.807, 2.05) is 0 Å². The predicted molar refractivity (Wildman–Crippen MR) is 39.0 cm³/mol. The van der Waals surface area contributed by atoms with Gasteiger partial charge < -0.3 is 0 Å². The molecule has 1 aliphatic heterocycles. The summed E-state index contributed by atoms with van der Waals surface area (Å²) in [5.41, 5.74) is 0. The zero-order valence-electron chi connectivity index (χ0n) is 3.00. The fraction of sp³-hybridized carbons (Fsp3) is 0. The van der Waals surface area contributed by atoms with Crippen LogP contribution in [0.3, 0.4) is 0 Å². The summed E-state index contributed by atoms with van der Waals surface area (Å²) in [6.07, 6.45) is 0. The van der Waals surface area contributed by atoms with Crippen molar-refractivity contribution in [3.63, 3.8) is 0 Å². The van der Waals surface area contributed by atoms with E-state index in [2.05, 4.69) is 0 Å². The average Bonchev–Trinajstić information content (AvgIpc) is 0.722. The van der Waals surface area contributed by atoms with E-state index in [1.165, 1.54) is 31.8 Å². The van der Waals surface area contributed by atoms with Crippen molar-refractivity contribution in [3.8, 4) is 0 Å². The second-order valence-corrected chi connectivity index (χ2v) is 13.5. The summed E-state index contributed by atoms with van der Waals surface area (Å²) in [4.78, 5) is 0. The van der Waals surface area contributed by atoms with E-state index >= 15 is 0 Å². The van der Waals surface area contributed by atoms with Crippen LogP contribution in [-0.2, 0) is 0 Å². The van der Waals surface area contributed by atoms with Gasteiger partial charge in [-0.2, -0.15) is 0 Å². The van der Waals surface area contributed by atoms with Crippen molar-refractivity contribution in [1.29, 1.82) is 0 Å². The van der Waals surface area contributed by atoms with Crippen LogP contribution < -0.4 is 0 Å². The summed E-state index contributed by atoms with van der Waals surface area (Å²) in [7, 11) is 5.56. The summed E-state index contributed by atoms with van der Waals surface area (Å²) in [5.74, 6) is 0. The van der Waals surface area contributed by atoms with Gasteiger partial charge in [-0.15, -0.1) is 0 Å². The molecule has 0 N–H and O–H groups in total. The summed E-state index contributed by atoms with van der Waals surface area (Å²) < 4.78 is 0. The Bertz CT molecular complexity index is 11.6. The largest absolute Gasteiger partial charge is 0.0677 e. The van der Waals surface area contributed by atoms with Crippen LogP contribution in [0.2, 0.25) is 0 Å². The Labute approximate surface area is 61.0 Å². The first-order valence-corrected chi connectivity index (χ1v) is 9.00. The third kappa shape index (κ3) is 3.32. The smallest absolute Gasteiger partial charge is 0 e. The summed E-state index contributed by atoms with van der Waals surface area (Å²) >= 11 is 0. The van der Waals surface area contributed by atoms with E-state index in [1.54, 1.807) is 0 Å². The van der Waals surface area contributed by atoms with Crippen molar-refractivity contribution in [1.82, 2.24) is 0 Å². The minimum Gasteiger partial charge on any atom is -0.0677 e. The fourth-order valence-corrected chi connectivity index (χ4v) is 5.06. The van der Waals surface area contributed by atoms with Crippen LogP contribution in [0.15, 0.2) is 0 Å². The molecule has 0 aromatic carbocycles. The molecule has 0 atom stereocenters. The van der Waals surface area contributed by atoms with Crippen LogP contribution in [-0.4, -0.2) is 29.6 Å². The maximum absolute atomic E-state index is 1.39. The van der Waals surface area contributed by atoms with Gasteiger partial charge in [0.1, 0.15) is 0 Å². The van der Waals surface area contributed by atoms with Gasteiger partial charge in [0.15, 0.2) is 0 Å². The molecule has 0 spiro atoms. The number of rotatable bonds is 0. The van der Waals surface area contributed by atoms with E-state index in [9.17, 15) is 0 Å². The molecule has 0 bridgehead atoms. The molecule has 5 heteroatoms. The fourth-order valence-electron chi connectivity index (χ4n) is 0.0625. The molecular weight excluding hydrogens is 147 g/mol. The Morgan fingerprint density at radius 2 is 0.800 bits per heavy atom. The van der Waals surface area contributed by atoms with E-state index < -0.39 is 0 Å². The first-order valence-electron chi connectivity index (χ1n) is 1.00. The second kappa shape index (κ2) is 4.87. The topological polar surface area (TPSA) is 0 Å². The molecular formula is H4NaP4. The second-order valence-electron chi connectivity index (χ2n) is 0.500. The van der Waals surface area contributed by atoms with Crippen LogP contribution in [0.4, 0.5) is 0 Å². The average molecular weight is 151 g/mol. The van der Waals surface area contributed by atoms with Crippen molar-refractivity contribution >= 4 is 61.4 Å². The zero-order chi connectivity index (χ0) is 2.83. The minimum atomic E-state index is 0. The summed E-state index contributed by atoms with van der Waals surface area (Å²) in [5, 5.41) is 0. The Kier molecular flexibility index (Phi) is 7.52. The van der Waals surface area contributed by atoms with Gasteiger partial charge in [0, 0.05) is 29.6 Å². The van der Waals surface area contributed by atoms with Gasteiger partial charge >= 0.3 is 0 Å². The predicted octanol–water partition coefficient (Wildman–Crippen LogP) is 1.99. The maximum atomic E-state index is 1.39. The van der Waals surface area contributed by atoms with Gasteiger partial charge in [-0.3, -0.25) is 0 Å². The van der Waals surface area contributed by atoms with Gasteiger partial charge in [-0.1, -0.05) is 31.8 Å². The van der Waals surface area contributed by atoms with Crippen LogP contribution in [0, 0.1) is 0 Å². The Hall–Kier alpha value is 2.72. The van der Waals surface area contributed by atoms with Gasteiger partial charge in [0.25, 0.3) is 0 Å². The molecule has 1 heterocycles. The molecule has 5 heavy (non-hydrogen) atoms. The van der Waals surface area contributed by atoms with Crippen molar-refractivity contribution in [2.75, 3.05) is 0 Å². The summed E-state index contributed by atoms with van der Waals surface area (Å²) in [6.45, 7) is 0. The molecule has 0 nitrogen and oxygen atoms in total. The molecule has 25 valence electrons. The van der Waals surface area contributed by atoms with Crippen LogP contribution in [0.1, 0.15) is 0 Å². The van der Waals surface area contributed by atoms with E-state index in [0.717, 1.165) is 0 Å². The van der Waals surface area contributed by atoms with E-state index in [4.69, 9.17) is 0 Å². The molecule has 1 fully saturated rings. The van der Waals surface area contributed by atoms with Crippen molar-refractivity contribution in [2.24, 2.45) is 0 Å². The quantitative estimate of drug-likeness (QED) is 0.366.